The minimum absolute atomic E-state index is 0.135. The van der Waals surface area contributed by atoms with Gasteiger partial charge in [-0.3, -0.25) is 0 Å². The Balaban J connectivity index is 1.83. The molecule has 1 N–H and O–H groups in total. The molecule has 2 unspecified atom stereocenters. The zero-order chi connectivity index (χ0) is 14.9. The maximum Gasteiger partial charge on any atom is 0.240 e. The molecule has 0 saturated heterocycles. The van der Waals surface area contributed by atoms with Crippen LogP contribution in [0.3, 0.4) is 0 Å². The van der Waals surface area contributed by atoms with Gasteiger partial charge in [0.2, 0.25) is 10.0 Å². The monoisotopic (exact) mass is 308 g/mol. The fraction of sp³-hybridized carbons (Fsp3) is 0.500. The first-order chi connectivity index (χ1) is 10.1. The van der Waals surface area contributed by atoms with Crippen molar-refractivity contribution in [3.05, 3.63) is 18.2 Å². The van der Waals surface area contributed by atoms with Gasteiger partial charge in [-0.25, -0.2) is 13.1 Å². The van der Waals surface area contributed by atoms with Gasteiger partial charge in [0.1, 0.15) is 13.2 Å². The lowest BCUT2D eigenvalue weighted by Gasteiger charge is -2.20. The predicted octanol–water partition coefficient (Wildman–Crippen LogP) is 1.43. The summed E-state index contributed by atoms with van der Waals surface area (Å²) in [6, 6.07) is 6.41. The second-order valence-electron chi connectivity index (χ2n) is 5.20. The van der Waals surface area contributed by atoms with E-state index in [2.05, 4.69) is 10.8 Å². The Morgan fingerprint density at radius 2 is 1.95 bits per heavy atom. The van der Waals surface area contributed by atoms with Gasteiger partial charge in [0.05, 0.1) is 16.9 Å². The third kappa shape index (κ3) is 2.82. The number of benzene rings is 1. The van der Waals surface area contributed by atoms with E-state index in [1.165, 1.54) is 12.1 Å². The Morgan fingerprint density at radius 3 is 2.71 bits per heavy atom. The minimum atomic E-state index is -3.66. The predicted molar refractivity (Wildman–Crippen MR) is 74.5 cm³/mol. The first-order valence-corrected chi connectivity index (χ1v) is 8.40. The molecule has 1 aromatic carbocycles. The highest BCUT2D eigenvalue weighted by Gasteiger charge is 2.31. The molecular formula is C14H16N2O4S. The standard InChI is InChI=1S/C14H16N2O4S/c15-9-10-2-1-3-12(10)16-21(17,18)11-4-5-13-14(8-11)20-7-6-19-13/h4-5,8,10,12,16H,1-3,6-7H2. The van der Waals surface area contributed by atoms with Crippen LogP contribution in [0.15, 0.2) is 23.1 Å². The third-order valence-electron chi connectivity index (χ3n) is 3.81. The molecule has 0 spiro atoms. The number of sulfonamides is 1. The van der Waals surface area contributed by atoms with Gasteiger partial charge in [0, 0.05) is 12.1 Å². The summed E-state index contributed by atoms with van der Waals surface area (Å²) in [5, 5.41) is 9.04. The molecule has 1 fully saturated rings. The first kappa shape index (κ1) is 14.2. The van der Waals surface area contributed by atoms with Crippen LogP contribution in [0.5, 0.6) is 11.5 Å². The molecule has 2 aliphatic rings. The van der Waals surface area contributed by atoms with Crippen LogP contribution in [0.2, 0.25) is 0 Å². The number of nitriles is 1. The Labute approximate surface area is 123 Å². The average Bonchev–Trinajstić information content (AvgIpc) is 2.93. The van der Waals surface area contributed by atoms with Gasteiger partial charge < -0.3 is 9.47 Å². The van der Waals surface area contributed by atoms with Crippen molar-refractivity contribution in [2.24, 2.45) is 5.92 Å². The summed E-state index contributed by atoms with van der Waals surface area (Å²) < 4.78 is 38.2. The minimum Gasteiger partial charge on any atom is -0.486 e. The molecule has 2 atom stereocenters. The summed E-state index contributed by atoms with van der Waals surface area (Å²) in [7, 11) is -3.66. The maximum atomic E-state index is 12.4. The molecule has 7 heteroatoms. The quantitative estimate of drug-likeness (QED) is 0.912. The van der Waals surface area contributed by atoms with E-state index in [0.717, 1.165) is 12.8 Å². The Hall–Kier alpha value is -1.78. The largest absolute Gasteiger partial charge is 0.486 e. The lowest BCUT2D eigenvalue weighted by atomic mass is 10.1. The zero-order valence-electron chi connectivity index (χ0n) is 11.4. The SMILES string of the molecule is N#CC1CCCC1NS(=O)(=O)c1ccc2c(c1)OCCO2. The van der Waals surface area contributed by atoms with Crippen molar-refractivity contribution >= 4 is 10.0 Å². The fourth-order valence-electron chi connectivity index (χ4n) is 2.71. The van der Waals surface area contributed by atoms with Crippen molar-refractivity contribution in [1.29, 1.82) is 5.26 Å². The smallest absolute Gasteiger partial charge is 0.240 e. The van der Waals surface area contributed by atoms with Gasteiger partial charge in [0.15, 0.2) is 11.5 Å². The molecule has 0 bridgehead atoms. The molecule has 3 rings (SSSR count). The van der Waals surface area contributed by atoms with Crippen LogP contribution >= 0.6 is 0 Å². The Bertz CT molecular complexity index is 681. The van der Waals surface area contributed by atoms with Crippen molar-refractivity contribution in [1.82, 2.24) is 4.72 Å². The Morgan fingerprint density at radius 1 is 1.19 bits per heavy atom. The number of fused-ring (bicyclic) bond motifs is 1. The van der Waals surface area contributed by atoms with Crippen LogP contribution in [0.4, 0.5) is 0 Å². The van der Waals surface area contributed by atoms with Crippen molar-refractivity contribution in [3.8, 4) is 17.6 Å². The van der Waals surface area contributed by atoms with E-state index in [0.29, 0.717) is 31.1 Å². The molecule has 1 aliphatic carbocycles. The van der Waals surface area contributed by atoms with Gasteiger partial charge in [-0.15, -0.1) is 0 Å². The van der Waals surface area contributed by atoms with Crippen LogP contribution in [0.25, 0.3) is 0 Å². The van der Waals surface area contributed by atoms with E-state index >= 15 is 0 Å². The fourth-order valence-corrected chi connectivity index (χ4v) is 4.04. The molecule has 0 aromatic heterocycles. The highest BCUT2D eigenvalue weighted by molar-refractivity contribution is 7.89. The van der Waals surface area contributed by atoms with Crippen LogP contribution in [0.1, 0.15) is 19.3 Å². The zero-order valence-corrected chi connectivity index (χ0v) is 12.2. The van der Waals surface area contributed by atoms with E-state index in [4.69, 9.17) is 14.7 Å². The molecule has 6 nitrogen and oxygen atoms in total. The van der Waals surface area contributed by atoms with Gasteiger partial charge in [-0.1, -0.05) is 6.42 Å². The summed E-state index contributed by atoms with van der Waals surface area (Å²) in [4.78, 5) is 0.135. The topological polar surface area (TPSA) is 88.4 Å². The third-order valence-corrected chi connectivity index (χ3v) is 5.30. The summed E-state index contributed by atoms with van der Waals surface area (Å²) in [6.45, 7) is 0.867. The van der Waals surface area contributed by atoms with Crippen LogP contribution < -0.4 is 14.2 Å². The van der Waals surface area contributed by atoms with E-state index in [1.807, 2.05) is 0 Å². The molecule has 112 valence electrons. The molecule has 1 aliphatic heterocycles. The van der Waals surface area contributed by atoms with Gasteiger partial charge >= 0.3 is 0 Å². The average molecular weight is 308 g/mol. The van der Waals surface area contributed by atoms with Crippen molar-refractivity contribution < 1.29 is 17.9 Å². The molecule has 0 amide bonds. The number of hydrogen-bond acceptors (Lipinski definition) is 5. The van der Waals surface area contributed by atoms with E-state index in [9.17, 15) is 8.42 Å². The maximum absolute atomic E-state index is 12.4. The van der Waals surface area contributed by atoms with Gasteiger partial charge in [-0.05, 0) is 25.0 Å². The summed E-state index contributed by atoms with van der Waals surface area (Å²) in [5.74, 6) is 0.736. The normalized spacial score (nSPS) is 24.5. The number of rotatable bonds is 3. The summed E-state index contributed by atoms with van der Waals surface area (Å²) in [5.41, 5.74) is 0. The molecule has 1 saturated carbocycles. The molecule has 1 aromatic rings. The highest BCUT2D eigenvalue weighted by atomic mass is 32.2. The number of hydrogen-bond donors (Lipinski definition) is 1. The lowest BCUT2D eigenvalue weighted by molar-refractivity contribution is 0.171. The summed E-state index contributed by atoms with van der Waals surface area (Å²) >= 11 is 0. The highest BCUT2D eigenvalue weighted by Crippen LogP contribution is 2.33. The van der Waals surface area contributed by atoms with Crippen molar-refractivity contribution in [2.75, 3.05) is 13.2 Å². The number of ether oxygens (including phenoxy) is 2. The first-order valence-electron chi connectivity index (χ1n) is 6.92. The van der Waals surface area contributed by atoms with Crippen LogP contribution in [-0.2, 0) is 10.0 Å². The van der Waals surface area contributed by atoms with E-state index in [1.54, 1.807) is 6.07 Å². The molecule has 0 radical (unpaired) electrons. The second kappa shape index (κ2) is 5.54. The number of nitrogens with one attached hydrogen (secondary N) is 1. The molecule has 21 heavy (non-hydrogen) atoms. The van der Waals surface area contributed by atoms with Gasteiger partial charge in [0.25, 0.3) is 0 Å². The van der Waals surface area contributed by atoms with Crippen LogP contribution in [-0.4, -0.2) is 27.7 Å². The summed E-state index contributed by atoms with van der Waals surface area (Å²) in [6.07, 6.45) is 2.30. The molecule has 1 heterocycles. The van der Waals surface area contributed by atoms with Gasteiger partial charge in [-0.2, -0.15) is 5.26 Å². The number of nitrogens with zero attached hydrogens (tertiary/aromatic N) is 1. The second-order valence-corrected chi connectivity index (χ2v) is 6.91. The molecular weight excluding hydrogens is 292 g/mol. The van der Waals surface area contributed by atoms with Crippen LogP contribution in [0, 0.1) is 17.2 Å². The van der Waals surface area contributed by atoms with Crippen molar-refractivity contribution in [3.63, 3.8) is 0 Å². The van der Waals surface area contributed by atoms with Crippen molar-refractivity contribution in [2.45, 2.75) is 30.2 Å². The Kier molecular flexibility index (Phi) is 3.74. The lowest BCUT2D eigenvalue weighted by Crippen LogP contribution is -2.36. The van der Waals surface area contributed by atoms with E-state index < -0.39 is 10.0 Å². The van der Waals surface area contributed by atoms with E-state index in [-0.39, 0.29) is 16.9 Å².